The highest BCUT2D eigenvalue weighted by Crippen LogP contribution is 2.29. The zero-order chi connectivity index (χ0) is 10.8. The molecule has 2 heterocycles. The second-order valence-electron chi connectivity index (χ2n) is 3.46. The average molecular weight is 222 g/mol. The molecule has 0 aliphatic rings. The maximum Gasteiger partial charge on any atom is 0.105 e. The lowest BCUT2D eigenvalue weighted by molar-refractivity contribution is 0.520. The minimum absolute atomic E-state index is 0.0231. The first kappa shape index (κ1) is 10.4. The van der Waals surface area contributed by atoms with Gasteiger partial charge in [-0.15, -0.1) is 11.3 Å². The Morgan fingerprint density at radius 1 is 1.33 bits per heavy atom. The van der Waals surface area contributed by atoms with Crippen LogP contribution >= 0.6 is 11.3 Å². The maximum absolute atomic E-state index is 5.61. The molecule has 15 heavy (non-hydrogen) atoms. The Bertz CT molecular complexity index is 407. The highest BCUT2D eigenvalue weighted by Gasteiger charge is 2.18. The van der Waals surface area contributed by atoms with E-state index >= 15 is 0 Å². The molecular weight excluding hydrogens is 208 g/mol. The lowest BCUT2D eigenvalue weighted by Crippen LogP contribution is -2.29. The Balaban J connectivity index is 2.41. The van der Waals surface area contributed by atoms with Gasteiger partial charge in [0.05, 0.1) is 12.3 Å². The number of nitrogens with one attached hydrogen (secondary N) is 1. The third-order valence-electron chi connectivity index (χ3n) is 2.59. The summed E-state index contributed by atoms with van der Waals surface area (Å²) < 4.78 is 5.29. The number of aryl methyl sites for hydroxylation is 2. The molecule has 3 nitrogen and oxygen atoms in total. The summed E-state index contributed by atoms with van der Waals surface area (Å²) in [6, 6.07) is 4.07. The molecule has 0 spiro atoms. The third kappa shape index (κ3) is 1.84. The predicted molar refractivity (Wildman–Crippen MR) is 61.7 cm³/mol. The monoisotopic (exact) mass is 222 g/mol. The summed E-state index contributed by atoms with van der Waals surface area (Å²) >= 11 is 1.73. The van der Waals surface area contributed by atoms with Crippen LogP contribution in [0.4, 0.5) is 0 Å². The Morgan fingerprint density at radius 2 is 2.13 bits per heavy atom. The van der Waals surface area contributed by atoms with Gasteiger partial charge in [0.15, 0.2) is 0 Å². The van der Waals surface area contributed by atoms with Gasteiger partial charge in [-0.1, -0.05) is 0 Å². The van der Waals surface area contributed by atoms with Crippen LogP contribution in [0.1, 0.15) is 27.8 Å². The van der Waals surface area contributed by atoms with Gasteiger partial charge in [-0.25, -0.2) is 5.43 Å². The second kappa shape index (κ2) is 4.18. The van der Waals surface area contributed by atoms with Crippen molar-refractivity contribution in [3.63, 3.8) is 0 Å². The van der Waals surface area contributed by atoms with Crippen LogP contribution in [0.5, 0.6) is 0 Å². The van der Waals surface area contributed by atoms with Crippen LogP contribution in [-0.2, 0) is 0 Å². The van der Waals surface area contributed by atoms with Gasteiger partial charge in [0, 0.05) is 10.4 Å². The van der Waals surface area contributed by atoms with Crippen LogP contribution in [0, 0.1) is 13.8 Å². The molecule has 80 valence electrons. The fourth-order valence-electron chi connectivity index (χ4n) is 1.74. The molecule has 4 heteroatoms. The summed E-state index contributed by atoms with van der Waals surface area (Å²) in [6.07, 6.45) is 1.69. The molecule has 0 saturated carbocycles. The minimum atomic E-state index is 0.0231. The van der Waals surface area contributed by atoms with Crippen molar-refractivity contribution in [1.82, 2.24) is 5.43 Å². The van der Waals surface area contributed by atoms with Crippen molar-refractivity contribution in [1.29, 1.82) is 0 Å². The zero-order valence-corrected chi connectivity index (χ0v) is 9.60. The topological polar surface area (TPSA) is 51.2 Å². The first-order chi connectivity index (χ1) is 7.24. The number of hydrazine groups is 1. The van der Waals surface area contributed by atoms with Gasteiger partial charge < -0.3 is 4.42 Å². The molecule has 2 aromatic heterocycles. The standard InChI is InChI=1S/C11H14N2OS/c1-7-9(3-5-14-7)11(13-12)10-4-6-15-8(10)2/h3-6,11,13H,12H2,1-2H3. The normalized spacial score (nSPS) is 13.0. The Hall–Kier alpha value is -1.10. The molecule has 0 amide bonds. The van der Waals surface area contributed by atoms with E-state index in [0.717, 1.165) is 11.3 Å². The molecule has 0 fully saturated rings. The lowest BCUT2D eigenvalue weighted by Gasteiger charge is -2.15. The maximum atomic E-state index is 5.61. The van der Waals surface area contributed by atoms with Crippen molar-refractivity contribution >= 4 is 11.3 Å². The highest BCUT2D eigenvalue weighted by atomic mass is 32.1. The predicted octanol–water partition coefficient (Wildman–Crippen LogP) is 2.51. The van der Waals surface area contributed by atoms with E-state index in [9.17, 15) is 0 Å². The zero-order valence-electron chi connectivity index (χ0n) is 8.78. The number of hydrogen-bond acceptors (Lipinski definition) is 4. The van der Waals surface area contributed by atoms with Crippen molar-refractivity contribution in [2.75, 3.05) is 0 Å². The quantitative estimate of drug-likeness (QED) is 0.619. The van der Waals surface area contributed by atoms with E-state index in [2.05, 4.69) is 23.8 Å². The fraction of sp³-hybridized carbons (Fsp3) is 0.273. The van der Waals surface area contributed by atoms with Gasteiger partial charge in [-0.3, -0.25) is 5.84 Å². The third-order valence-corrected chi connectivity index (χ3v) is 3.45. The second-order valence-corrected chi connectivity index (χ2v) is 4.58. The largest absolute Gasteiger partial charge is 0.469 e. The first-order valence-corrected chi connectivity index (χ1v) is 5.66. The van der Waals surface area contributed by atoms with Crippen LogP contribution in [0.3, 0.4) is 0 Å². The number of rotatable bonds is 3. The van der Waals surface area contributed by atoms with E-state index in [0.29, 0.717) is 0 Å². The Kier molecular flexibility index (Phi) is 2.90. The molecule has 2 aromatic rings. The molecule has 1 unspecified atom stereocenters. The number of thiophene rings is 1. The van der Waals surface area contributed by atoms with Crippen LogP contribution in [0.25, 0.3) is 0 Å². The van der Waals surface area contributed by atoms with Gasteiger partial charge >= 0.3 is 0 Å². The Labute approximate surface area is 92.9 Å². The van der Waals surface area contributed by atoms with Crippen molar-refractivity contribution in [2.45, 2.75) is 19.9 Å². The summed E-state index contributed by atoms with van der Waals surface area (Å²) in [5.74, 6) is 6.51. The van der Waals surface area contributed by atoms with Crippen LogP contribution < -0.4 is 11.3 Å². The molecule has 0 aliphatic carbocycles. The average Bonchev–Trinajstić information content (AvgIpc) is 2.80. The van der Waals surface area contributed by atoms with Crippen molar-refractivity contribution < 1.29 is 4.42 Å². The van der Waals surface area contributed by atoms with Gasteiger partial charge in [-0.2, -0.15) is 0 Å². The van der Waals surface area contributed by atoms with Crippen molar-refractivity contribution in [2.24, 2.45) is 5.84 Å². The highest BCUT2D eigenvalue weighted by molar-refractivity contribution is 7.10. The van der Waals surface area contributed by atoms with Gasteiger partial charge in [-0.05, 0) is 36.9 Å². The molecule has 1 atom stereocenters. The van der Waals surface area contributed by atoms with Gasteiger partial charge in [0.1, 0.15) is 5.76 Å². The summed E-state index contributed by atoms with van der Waals surface area (Å²) in [6.45, 7) is 4.04. The smallest absolute Gasteiger partial charge is 0.105 e. The Morgan fingerprint density at radius 3 is 2.60 bits per heavy atom. The van der Waals surface area contributed by atoms with E-state index in [1.54, 1.807) is 17.6 Å². The van der Waals surface area contributed by atoms with Crippen LogP contribution in [0.2, 0.25) is 0 Å². The molecule has 2 rings (SSSR count). The molecule has 0 bridgehead atoms. The van der Waals surface area contributed by atoms with Crippen LogP contribution in [-0.4, -0.2) is 0 Å². The fourth-order valence-corrected chi connectivity index (χ4v) is 2.48. The molecule has 0 radical (unpaired) electrons. The van der Waals surface area contributed by atoms with Crippen molar-refractivity contribution in [3.8, 4) is 0 Å². The number of nitrogens with two attached hydrogens (primary N) is 1. The molecule has 3 N–H and O–H groups in total. The first-order valence-electron chi connectivity index (χ1n) is 4.78. The molecule has 0 saturated heterocycles. The van der Waals surface area contributed by atoms with Crippen molar-refractivity contribution in [3.05, 3.63) is 45.5 Å². The summed E-state index contributed by atoms with van der Waals surface area (Å²) in [5, 5.41) is 2.07. The van der Waals surface area contributed by atoms with E-state index in [-0.39, 0.29) is 6.04 Å². The minimum Gasteiger partial charge on any atom is -0.469 e. The SMILES string of the molecule is Cc1occc1C(NN)c1ccsc1C. The van der Waals surface area contributed by atoms with Crippen LogP contribution in [0.15, 0.2) is 28.2 Å². The summed E-state index contributed by atoms with van der Waals surface area (Å²) in [4.78, 5) is 1.28. The van der Waals surface area contributed by atoms with E-state index in [1.807, 2.05) is 13.0 Å². The van der Waals surface area contributed by atoms with E-state index in [4.69, 9.17) is 10.3 Å². The number of furan rings is 1. The molecular formula is C11H14N2OS. The van der Waals surface area contributed by atoms with E-state index in [1.165, 1.54) is 10.4 Å². The van der Waals surface area contributed by atoms with Gasteiger partial charge in [0.25, 0.3) is 0 Å². The molecule has 0 aliphatic heterocycles. The number of hydrogen-bond donors (Lipinski definition) is 2. The lowest BCUT2D eigenvalue weighted by atomic mass is 10.0. The summed E-state index contributed by atoms with van der Waals surface area (Å²) in [7, 11) is 0. The molecule has 0 aromatic carbocycles. The van der Waals surface area contributed by atoms with E-state index < -0.39 is 0 Å². The van der Waals surface area contributed by atoms with Gasteiger partial charge in [0.2, 0.25) is 0 Å². The summed E-state index contributed by atoms with van der Waals surface area (Å²) in [5.41, 5.74) is 5.15.